The average molecular weight is 336 g/mol. The molecule has 2 atom stereocenters. The number of anilines is 1. The summed E-state index contributed by atoms with van der Waals surface area (Å²) in [6, 6.07) is 7.58. The lowest BCUT2D eigenvalue weighted by Gasteiger charge is -2.17. The molecule has 7 heteroatoms. The quantitative estimate of drug-likeness (QED) is 0.799. The standard InChI is InChI=1S/C16H21N5O.ClH/c1-10-18-15(21-20-10)11-5-7-13(8-6-11)19-16(22)14-4-2-3-12(14)9-17;/h5-8,12,14H,2-4,9,17H2,1H3,(H,19,22)(H,18,20,21);1H/t12-,14-;/m1./s1. The monoisotopic (exact) mass is 335 g/mol. The zero-order chi connectivity index (χ0) is 15.5. The van der Waals surface area contributed by atoms with Crippen LogP contribution < -0.4 is 11.1 Å². The van der Waals surface area contributed by atoms with Gasteiger partial charge in [-0.15, -0.1) is 12.4 Å². The number of hydrogen-bond donors (Lipinski definition) is 3. The molecule has 1 aromatic heterocycles. The number of H-pyrrole nitrogens is 1. The molecule has 6 nitrogen and oxygen atoms in total. The van der Waals surface area contributed by atoms with Crippen LogP contribution >= 0.6 is 12.4 Å². The third-order valence-corrected chi connectivity index (χ3v) is 4.31. The van der Waals surface area contributed by atoms with Crippen LogP contribution in [0.3, 0.4) is 0 Å². The van der Waals surface area contributed by atoms with Gasteiger partial charge < -0.3 is 11.1 Å². The van der Waals surface area contributed by atoms with Crippen molar-refractivity contribution in [2.24, 2.45) is 17.6 Å². The Morgan fingerprint density at radius 2 is 2.09 bits per heavy atom. The highest BCUT2D eigenvalue weighted by Crippen LogP contribution is 2.32. The van der Waals surface area contributed by atoms with Crippen LogP contribution in [-0.4, -0.2) is 27.6 Å². The van der Waals surface area contributed by atoms with Crippen molar-refractivity contribution in [3.05, 3.63) is 30.1 Å². The number of nitrogens with two attached hydrogens (primary N) is 1. The smallest absolute Gasteiger partial charge is 0.227 e. The van der Waals surface area contributed by atoms with E-state index in [2.05, 4.69) is 20.5 Å². The summed E-state index contributed by atoms with van der Waals surface area (Å²) in [5.74, 6) is 1.88. The number of aromatic amines is 1. The number of benzene rings is 1. The Kier molecular flexibility index (Phi) is 5.74. The number of carbonyl (C=O) groups is 1. The van der Waals surface area contributed by atoms with Crippen molar-refractivity contribution < 1.29 is 4.79 Å². The van der Waals surface area contributed by atoms with Crippen LogP contribution in [0, 0.1) is 18.8 Å². The highest BCUT2D eigenvalue weighted by Gasteiger charge is 2.31. The molecule has 0 spiro atoms. The molecule has 2 aromatic rings. The summed E-state index contributed by atoms with van der Waals surface area (Å²) in [6.07, 6.45) is 3.07. The molecule has 1 aliphatic carbocycles. The number of amides is 1. The molecular weight excluding hydrogens is 314 g/mol. The zero-order valence-corrected chi connectivity index (χ0v) is 13.9. The molecule has 1 heterocycles. The van der Waals surface area contributed by atoms with Crippen molar-refractivity contribution in [3.63, 3.8) is 0 Å². The fraction of sp³-hybridized carbons (Fsp3) is 0.438. The fourth-order valence-corrected chi connectivity index (χ4v) is 3.07. The molecule has 1 aliphatic rings. The van der Waals surface area contributed by atoms with Crippen molar-refractivity contribution in [2.45, 2.75) is 26.2 Å². The molecular formula is C16H22ClN5O. The SMILES string of the molecule is Cc1nc(-c2ccc(NC(=O)[C@@H]3CCC[C@@H]3CN)cc2)n[nH]1.Cl. The Labute approximate surface area is 141 Å². The van der Waals surface area contributed by atoms with Crippen LogP contribution in [-0.2, 0) is 4.79 Å². The number of aryl methyl sites for hydroxylation is 1. The molecule has 1 aromatic carbocycles. The van der Waals surface area contributed by atoms with Gasteiger partial charge in [-0.3, -0.25) is 9.89 Å². The highest BCUT2D eigenvalue weighted by molar-refractivity contribution is 5.93. The number of aromatic nitrogens is 3. The number of nitrogens with zero attached hydrogens (tertiary/aromatic N) is 2. The minimum atomic E-state index is 0. The fourth-order valence-electron chi connectivity index (χ4n) is 3.07. The molecule has 23 heavy (non-hydrogen) atoms. The summed E-state index contributed by atoms with van der Waals surface area (Å²) in [5, 5.41) is 9.93. The van der Waals surface area contributed by atoms with Gasteiger partial charge in [0, 0.05) is 17.2 Å². The van der Waals surface area contributed by atoms with E-state index < -0.39 is 0 Å². The molecule has 1 saturated carbocycles. The first-order chi connectivity index (χ1) is 10.7. The number of halogens is 1. The van der Waals surface area contributed by atoms with E-state index in [9.17, 15) is 4.79 Å². The summed E-state index contributed by atoms with van der Waals surface area (Å²) >= 11 is 0. The lowest BCUT2D eigenvalue weighted by atomic mass is 9.95. The van der Waals surface area contributed by atoms with Crippen molar-refractivity contribution in [1.29, 1.82) is 0 Å². The molecule has 1 amide bonds. The average Bonchev–Trinajstić information content (AvgIpc) is 3.16. The molecule has 1 fully saturated rings. The lowest BCUT2D eigenvalue weighted by Crippen LogP contribution is -2.29. The maximum Gasteiger partial charge on any atom is 0.227 e. The molecule has 0 unspecified atom stereocenters. The minimum Gasteiger partial charge on any atom is -0.330 e. The Bertz CT molecular complexity index is 655. The summed E-state index contributed by atoms with van der Waals surface area (Å²) in [6.45, 7) is 2.45. The van der Waals surface area contributed by atoms with Gasteiger partial charge in [0.1, 0.15) is 5.82 Å². The summed E-state index contributed by atoms with van der Waals surface area (Å²) in [4.78, 5) is 16.6. The van der Waals surface area contributed by atoms with E-state index in [-0.39, 0.29) is 24.2 Å². The van der Waals surface area contributed by atoms with E-state index >= 15 is 0 Å². The van der Waals surface area contributed by atoms with E-state index in [0.29, 0.717) is 18.3 Å². The van der Waals surface area contributed by atoms with E-state index in [1.165, 1.54) is 0 Å². The van der Waals surface area contributed by atoms with Crippen LogP contribution in [0.1, 0.15) is 25.1 Å². The number of hydrogen-bond acceptors (Lipinski definition) is 4. The highest BCUT2D eigenvalue weighted by atomic mass is 35.5. The zero-order valence-electron chi connectivity index (χ0n) is 13.1. The molecule has 0 radical (unpaired) electrons. The van der Waals surface area contributed by atoms with Gasteiger partial charge in [-0.25, -0.2) is 4.98 Å². The molecule has 0 saturated heterocycles. The van der Waals surface area contributed by atoms with E-state index in [0.717, 1.165) is 36.3 Å². The molecule has 124 valence electrons. The van der Waals surface area contributed by atoms with Gasteiger partial charge in [0.2, 0.25) is 5.91 Å². The van der Waals surface area contributed by atoms with Crippen LogP contribution in [0.4, 0.5) is 5.69 Å². The van der Waals surface area contributed by atoms with Crippen molar-refractivity contribution in [2.75, 3.05) is 11.9 Å². The van der Waals surface area contributed by atoms with Gasteiger partial charge in [0.15, 0.2) is 5.82 Å². The lowest BCUT2D eigenvalue weighted by molar-refractivity contribution is -0.120. The van der Waals surface area contributed by atoms with E-state index in [1.54, 1.807) is 0 Å². The van der Waals surface area contributed by atoms with E-state index in [1.807, 2.05) is 31.2 Å². The minimum absolute atomic E-state index is 0. The third-order valence-electron chi connectivity index (χ3n) is 4.31. The van der Waals surface area contributed by atoms with E-state index in [4.69, 9.17) is 5.73 Å². The molecule has 4 N–H and O–H groups in total. The number of carbonyl (C=O) groups excluding carboxylic acids is 1. The predicted molar refractivity (Wildman–Crippen MR) is 92.3 cm³/mol. The third kappa shape index (κ3) is 3.89. The molecule has 0 aliphatic heterocycles. The second kappa shape index (κ2) is 7.57. The first kappa shape index (κ1) is 17.4. The summed E-state index contributed by atoms with van der Waals surface area (Å²) in [5.41, 5.74) is 7.46. The molecule has 3 rings (SSSR count). The topological polar surface area (TPSA) is 96.7 Å². The van der Waals surface area contributed by atoms with Gasteiger partial charge in [-0.05, 0) is 56.5 Å². The summed E-state index contributed by atoms with van der Waals surface area (Å²) in [7, 11) is 0. The number of rotatable bonds is 4. The van der Waals surface area contributed by atoms with Gasteiger partial charge in [-0.1, -0.05) is 6.42 Å². The number of nitrogens with one attached hydrogen (secondary N) is 2. The van der Waals surface area contributed by atoms with Gasteiger partial charge in [0.05, 0.1) is 0 Å². The van der Waals surface area contributed by atoms with Gasteiger partial charge >= 0.3 is 0 Å². The maximum absolute atomic E-state index is 12.3. The first-order valence-electron chi connectivity index (χ1n) is 7.67. The Hall–Kier alpha value is -1.92. The maximum atomic E-state index is 12.3. The second-order valence-electron chi connectivity index (χ2n) is 5.84. The summed E-state index contributed by atoms with van der Waals surface area (Å²) < 4.78 is 0. The van der Waals surface area contributed by atoms with Gasteiger partial charge in [-0.2, -0.15) is 5.10 Å². The van der Waals surface area contributed by atoms with Crippen LogP contribution in [0.5, 0.6) is 0 Å². The Balaban J connectivity index is 0.00000192. The Morgan fingerprint density at radius 3 is 2.70 bits per heavy atom. The van der Waals surface area contributed by atoms with Crippen molar-refractivity contribution >= 4 is 24.0 Å². The largest absolute Gasteiger partial charge is 0.330 e. The van der Waals surface area contributed by atoms with Gasteiger partial charge in [0.25, 0.3) is 0 Å². The predicted octanol–water partition coefficient (Wildman–Crippen LogP) is 2.52. The van der Waals surface area contributed by atoms with Crippen molar-refractivity contribution in [3.8, 4) is 11.4 Å². The normalized spacial score (nSPS) is 20.1. The van der Waals surface area contributed by atoms with Crippen LogP contribution in [0.2, 0.25) is 0 Å². The van der Waals surface area contributed by atoms with Crippen LogP contribution in [0.15, 0.2) is 24.3 Å². The first-order valence-corrected chi connectivity index (χ1v) is 7.67. The Morgan fingerprint density at radius 1 is 1.35 bits per heavy atom. The van der Waals surface area contributed by atoms with Crippen molar-refractivity contribution in [1.82, 2.24) is 15.2 Å². The molecule has 0 bridgehead atoms. The second-order valence-corrected chi connectivity index (χ2v) is 5.84. The van der Waals surface area contributed by atoms with Crippen LogP contribution in [0.25, 0.3) is 11.4 Å².